The van der Waals surface area contributed by atoms with Crippen molar-refractivity contribution in [2.24, 2.45) is 5.73 Å². The van der Waals surface area contributed by atoms with Crippen LogP contribution in [-0.4, -0.2) is 40.8 Å². The van der Waals surface area contributed by atoms with E-state index in [9.17, 15) is 27.6 Å². The third-order valence-electron chi connectivity index (χ3n) is 4.02. The lowest BCUT2D eigenvalue weighted by Gasteiger charge is -2.12. The lowest BCUT2D eigenvalue weighted by atomic mass is 10.1. The van der Waals surface area contributed by atoms with Gasteiger partial charge in [-0.15, -0.1) is 11.8 Å². The Balaban J connectivity index is 2.09. The Morgan fingerprint density at radius 3 is 2.41 bits per heavy atom. The van der Waals surface area contributed by atoms with Gasteiger partial charge in [0, 0.05) is 21.8 Å². The number of hydrogen-bond donors (Lipinski definition) is 1. The van der Waals surface area contributed by atoms with Crippen molar-refractivity contribution in [1.29, 1.82) is 0 Å². The van der Waals surface area contributed by atoms with Gasteiger partial charge < -0.3 is 15.0 Å². The highest BCUT2D eigenvalue weighted by Crippen LogP contribution is 2.25. The number of alkyl halides is 3. The number of halogens is 3. The number of benzene rings is 1. The summed E-state index contributed by atoms with van der Waals surface area (Å²) in [5.74, 6) is -1.98. The molecule has 29 heavy (non-hydrogen) atoms. The summed E-state index contributed by atoms with van der Waals surface area (Å²) in [6.07, 6.45) is -4.42. The van der Waals surface area contributed by atoms with Crippen molar-refractivity contribution >= 4 is 29.4 Å². The summed E-state index contributed by atoms with van der Waals surface area (Å²) in [4.78, 5) is 36.1. The monoisotopic (exact) mass is 428 g/mol. The fourth-order valence-corrected chi connectivity index (χ4v) is 3.48. The number of nitrogens with zero attached hydrogens (tertiary/aromatic N) is 1. The Morgan fingerprint density at radius 2 is 1.79 bits per heavy atom. The van der Waals surface area contributed by atoms with Crippen LogP contribution in [0.1, 0.15) is 32.1 Å². The van der Waals surface area contributed by atoms with Gasteiger partial charge in [0.25, 0.3) is 0 Å². The minimum Gasteiger partial charge on any atom is -0.454 e. The largest absolute Gasteiger partial charge is 0.454 e. The molecule has 0 radical (unpaired) electrons. The standard InChI is InChI=1S/C19H19F3N2O4S/c1-11-7-14(12(2)24(11)10-19(20,21)22)15(25)8-28-18(27)13-5-3-4-6-16(13)29-9-17(23)26/h3-7H,8-10H2,1-2H3,(H2,23,26). The second-order valence-electron chi connectivity index (χ2n) is 6.24. The van der Waals surface area contributed by atoms with Gasteiger partial charge in [-0.2, -0.15) is 13.2 Å². The summed E-state index contributed by atoms with van der Waals surface area (Å²) in [5, 5.41) is 0. The predicted octanol–water partition coefficient (Wildman–Crippen LogP) is 3.28. The number of aryl methyl sites for hydroxylation is 1. The van der Waals surface area contributed by atoms with E-state index in [2.05, 4.69) is 0 Å². The zero-order chi connectivity index (χ0) is 21.8. The molecule has 0 atom stereocenters. The number of carbonyl (C=O) groups excluding carboxylic acids is 3. The number of primary amides is 1. The normalized spacial score (nSPS) is 11.3. The van der Waals surface area contributed by atoms with E-state index in [0.29, 0.717) is 4.90 Å². The Morgan fingerprint density at radius 1 is 1.14 bits per heavy atom. The van der Waals surface area contributed by atoms with Crippen molar-refractivity contribution in [2.45, 2.75) is 31.5 Å². The number of carbonyl (C=O) groups is 3. The third kappa shape index (κ3) is 6.11. The number of thioether (sulfide) groups is 1. The van der Waals surface area contributed by atoms with E-state index < -0.39 is 37.0 Å². The summed E-state index contributed by atoms with van der Waals surface area (Å²) >= 11 is 1.06. The van der Waals surface area contributed by atoms with Crippen LogP contribution in [0.15, 0.2) is 35.2 Å². The van der Waals surface area contributed by atoms with E-state index in [0.717, 1.165) is 16.3 Å². The molecule has 0 fully saturated rings. The van der Waals surface area contributed by atoms with Gasteiger partial charge in [-0.05, 0) is 32.0 Å². The molecule has 0 aliphatic carbocycles. The molecule has 0 bridgehead atoms. The smallest absolute Gasteiger partial charge is 0.406 e. The molecule has 156 valence electrons. The third-order valence-corrected chi connectivity index (χ3v) is 5.12. The summed E-state index contributed by atoms with van der Waals surface area (Å²) in [5.41, 5.74) is 5.76. The summed E-state index contributed by atoms with van der Waals surface area (Å²) in [6, 6.07) is 7.69. The van der Waals surface area contributed by atoms with E-state index >= 15 is 0 Å². The lowest BCUT2D eigenvalue weighted by molar-refractivity contribution is -0.141. The van der Waals surface area contributed by atoms with E-state index in [1.807, 2.05) is 0 Å². The minimum absolute atomic E-state index is 0.0333. The van der Waals surface area contributed by atoms with E-state index in [-0.39, 0.29) is 28.3 Å². The first-order chi connectivity index (χ1) is 13.5. The average Bonchev–Trinajstić information content (AvgIpc) is 2.91. The topological polar surface area (TPSA) is 91.4 Å². The fourth-order valence-electron chi connectivity index (χ4n) is 2.70. The number of esters is 1. The molecule has 0 saturated carbocycles. The number of rotatable bonds is 8. The molecule has 10 heteroatoms. The average molecular weight is 428 g/mol. The van der Waals surface area contributed by atoms with Crippen molar-refractivity contribution in [2.75, 3.05) is 12.4 Å². The van der Waals surface area contributed by atoms with Crippen molar-refractivity contribution in [3.63, 3.8) is 0 Å². The number of ketones is 1. The summed E-state index contributed by atoms with van der Waals surface area (Å²) < 4.78 is 44.1. The molecule has 1 amide bonds. The number of aromatic nitrogens is 1. The predicted molar refractivity (Wildman–Crippen MR) is 101 cm³/mol. The van der Waals surface area contributed by atoms with Crippen LogP contribution in [0.25, 0.3) is 0 Å². The number of nitrogens with two attached hydrogens (primary N) is 1. The van der Waals surface area contributed by atoms with Crippen LogP contribution in [0.3, 0.4) is 0 Å². The number of ether oxygens (including phenoxy) is 1. The fraction of sp³-hybridized carbons (Fsp3) is 0.316. The van der Waals surface area contributed by atoms with E-state index in [4.69, 9.17) is 10.5 Å². The van der Waals surface area contributed by atoms with Crippen LogP contribution < -0.4 is 5.73 Å². The van der Waals surface area contributed by atoms with Crippen LogP contribution >= 0.6 is 11.8 Å². The molecule has 2 aromatic rings. The quantitative estimate of drug-likeness (QED) is 0.396. The molecule has 2 N–H and O–H groups in total. The van der Waals surface area contributed by atoms with Crippen molar-refractivity contribution in [1.82, 2.24) is 4.57 Å². The zero-order valence-electron chi connectivity index (χ0n) is 15.7. The van der Waals surface area contributed by atoms with Crippen LogP contribution in [0, 0.1) is 13.8 Å². The first-order valence-electron chi connectivity index (χ1n) is 8.43. The maximum Gasteiger partial charge on any atom is 0.406 e. The van der Waals surface area contributed by atoms with Gasteiger partial charge in [0.05, 0.1) is 11.3 Å². The molecule has 1 heterocycles. The first-order valence-corrected chi connectivity index (χ1v) is 9.42. The van der Waals surface area contributed by atoms with Gasteiger partial charge in [-0.3, -0.25) is 9.59 Å². The molecular formula is C19H19F3N2O4S. The number of hydrogen-bond acceptors (Lipinski definition) is 5. The van der Waals surface area contributed by atoms with Crippen molar-refractivity contribution in [3.05, 3.63) is 52.8 Å². The molecule has 6 nitrogen and oxygen atoms in total. The molecule has 0 saturated heterocycles. The number of Topliss-reactive ketones (excluding diaryl/α,β-unsaturated/α-hetero) is 1. The molecule has 0 unspecified atom stereocenters. The summed E-state index contributed by atoms with van der Waals surface area (Å²) in [7, 11) is 0. The second-order valence-corrected chi connectivity index (χ2v) is 7.25. The van der Waals surface area contributed by atoms with Crippen LogP contribution in [0.2, 0.25) is 0 Å². The molecule has 1 aromatic carbocycles. The van der Waals surface area contributed by atoms with Gasteiger partial charge in [-0.25, -0.2) is 4.79 Å². The molecule has 2 rings (SSSR count). The molecule has 0 aliphatic heterocycles. The molecule has 0 aliphatic rings. The molecule has 1 aromatic heterocycles. The van der Waals surface area contributed by atoms with Gasteiger partial charge in [0.15, 0.2) is 6.61 Å². The second kappa shape index (κ2) is 9.17. The first kappa shape index (κ1) is 22.5. The van der Waals surface area contributed by atoms with Crippen LogP contribution in [0.4, 0.5) is 13.2 Å². The van der Waals surface area contributed by atoms with Gasteiger partial charge in [0.2, 0.25) is 11.7 Å². The molecule has 0 spiro atoms. The van der Waals surface area contributed by atoms with Crippen LogP contribution in [0.5, 0.6) is 0 Å². The highest BCUT2D eigenvalue weighted by atomic mass is 32.2. The van der Waals surface area contributed by atoms with E-state index in [1.54, 1.807) is 18.2 Å². The van der Waals surface area contributed by atoms with Gasteiger partial charge >= 0.3 is 12.1 Å². The van der Waals surface area contributed by atoms with Crippen LogP contribution in [-0.2, 0) is 16.1 Å². The maximum absolute atomic E-state index is 12.7. The zero-order valence-corrected chi connectivity index (χ0v) is 16.5. The Bertz CT molecular complexity index is 938. The Labute approximate surface area is 169 Å². The van der Waals surface area contributed by atoms with Crippen molar-refractivity contribution < 1.29 is 32.3 Å². The summed E-state index contributed by atoms with van der Waals surface area (Å²) in [6.45, 7) is 1.05. The van der Waals surface area contributed by atoms with E-state index in [1.165, 1.54) is 26.0 Å². The highest BCUT2D eigenvalue weighted by Gasteiger charge is 2.30. The highest BCUT2D eigenvalue weighted by molar-refractivity contribution is 8.00. The SMILES string of the molecule is Cc1cc(C(=O)COC(=O)c2ccccc2SCC(N)=O)c(C)n1CC(F)(F)F. The minimum atomic E-state index is -4.42. The Kier molecular flexibility index (Phi) is 7.12. The number of amides is 1. The van der Waals surface area contributed by atoms with Gasteiger partial charge in [-0.1, -0.05) is 12.1 Å². The maximum atomic E-state index is 12.7. The van der Waals surface area contributed by atoms with Crippen molar-refractivity contribution in [3.8, 4) is 0 Å². The van der Waals surface area contributed by atoms with Gasteiger partial charge in [0.1, 0.15) is 6.54 Å². The molecular weight excluding hydrogens is 409 g/mol. The lowest BCUT2D eigenvalue weighted by Crippen LogP contribution is -2.20. The Hall–Kier alpha value is -2.75.